The Morgan fingerprint density at radius 2 is 1.94 bits per heavy atom. The Hall–Kier alpha value is -1.88. The van der Waals surface area contributed by atoms with E-state index >= 15 is 0 Å². The van der Waals surface area contributed by atoms with E-state index in [0.29, 0.717) is 5.56 Å². The molecule has 0 spiro atoms. The highest BCUT2D eigenvalue weighted by Gasteiger charge is 2.36. The number of nitrogens with one attached hydrogen (secondary N) is 1. The molecule has 0 aliphatic heterocycles. The second-order valence-corrected chi connectivity index (χ2v) is 3.55. The van der Waals surface area contributed by atoms with Gasteiger partial charge < -0.3 is 16.2 Å². The predicted molar refractivity (Wildman–Crippen MR) is 58.6 cm³/mol. The quantitative estimate of drug-likeness (QED) is 0.671. The Bertz CT molecular complexity index is 391. The minimum absolute atomic E-state index is 0.240. The fourth-order valence-electron chi connectivity index (χ4n) is 1.35. The van der Waals surface area contributed by atoms with Crippen LogP contribution in [0.4, 0.5) is 0 Å². The summed E-state index contributed by atoms with van der Waals surface area (Å²) in [6, 6.07) is 8.49. The highest BCUT2D eigenvalue weighted by molar-refractivity contribution is 5.88. The molecule has 1 unspecified atom stereocenters. The Balaban J connectivity index is 3.07. The number of rotatable bonds is 4. The van der Waals surface area contributed by atoms with Crippen LogP contribution in [0.25, 0.3) is 0 Å². The molecule has 1 aromatic rings. The lowest BCUT2D eigenvalue weighted by Gasteiger charge is -2.26. The first kappa shape index (κ1) is 12.2. The predicted octanol–water partition coefficient (Wildman–Crippen LogP) is 0.0613. The number of hydrogen-bond acceptors (Lipinski definition) is 3. The smallest absolute Gasteiger partial charge is 0.333 e. The maximum atomic E-state index is 11.2. The monoisotopic (exact) mass is 222 g/mol. The lowest BCUT2D eigenvalue weighted by Crippen LogP contribution is -2.51. The molecule has 1 atom stereocenters. The van der Waals surface area contributed by atoms with Crippen LogP contribution in [0.1, 0.15) is 12.5 Å². The highest BCUT2D eigenvalue weighted by Crippen LogP contribution is 2.20. The number of nitrogens with two attached hydrogens (primary N) is 1. The number of carbonyl (C=O) groups is 2. The Labute approximate surface area is 93.3 Å². The minimum Gasteiger partial charge on any atom is -0.479 e. The average molecular weight is 222 g/mol. The molecule has 86 valence electrons. The van der Waals surface area contributed by atoms with Crippen molar-refractivity contribution in [1.82, 2.24) is 5.32 Å². The zero-order valence-corrected chi connectivity index (χ0v) is 8.93. The first-order chi connectivity index (χ1) is 7.50. The van der Waals surface area contributed by atoms with Crippen molar-refractivity contribution >= 4 is 11.9 Å². The van der Waals surface area contributed by atoms with Gasteiger partial charge in [0.25, 0.3) is 0 Å². The summed E-state index contributed by atoms with van der Waals surface area (Å²) in [5.41, 5.74) is 4.21. The van der Waals surface area contributed by atoms with Crippen LogP contribution in [-0.4, -0.2) is 23.5 Å². The van der Waals surface area contributed by atoms with Crippen molar-refractivity contribution in [1.29, 1.82) is 0 Å². The molecular weight excluding hydrogens is 208 g/mol. The van der Waals surface area contributed by atoms with E-state index in [2.05, 4.69) is 5.32 Å². The normalized spacial score (nSPS) is 13.9. The number of carboxylic acids is 1. The summed E-state index contributed by atoms with van der Waals surface area (Å²) in [5, 5.41) is 11.6. The van der Waals surface area contributed by atoms with Crippen LogP contribution in [0.5, 0.6) is 0 Å². The maximum absolute atomic E-state index is 11.2. The zero-order valence-electron chi connectivity index (χ0n) is 8.93. The van der Waals surface area contributed by atoms with Crippen molar-refractivity contribution < 1.29 is 14.7 Å². The number of carboxylic acid groups (broad SMARTS) is 1. The largest absolute Gasteiger partial charge is 0.479 e. The topological polar surface area (TPSA) is 92.4 Å². The van der Waals surface area contributed by atoms with Gasteiger partial charge >= 0.3 is 5.97 Å². The van der Waals surface area contributed by atoms with Crippen LogP contribution < -0.4 is 11.1 Å². The van der Waals surface area contributed by atoms with Crippen LogP contribution >= 0.6 is 0 Å². The van der Waals surface area contributed by atoms with Gasteiger partial charge in [0.2, 0.25) is 5.91 Å². The molecule has 5 nitrogen and oxygen atoms in total. The van der Waals surface area contributed by atoms with Crippen molar-refractivity contribution in [3.8, 4) is 0 Å². The van der Waals surface area contributed by atoms with E-state index in [1.807, 2.05) is 0 Å². The first-order valence-electron chi connectivity index (χ1n) is 4.80. The van der Waals surface area contributed by atoms with Crippen LogP contribution in [0, 0.1) is 0 Å². The molecule has 4 N–H and O–H groups in total. The van der Waals surface area contributed by atoms with Crippen LogP contribution in [0.3, 0.4) is 0 Å². The third-order valence-electron chi connectivity index (χ3n) is 2.35. The molecule has 1 aromatic carbocycles. The maximum Gasteiger partial charge on any atom is 0.333 e. The average Bonchev–Trinajstić information content (AvgIpc) is 2.29. The van der Waals surface area contributed by atoms with Crippen LogP contribution in [0.15, 0.2) is 30.3 Å². The van der Waals surface area contributed by atoms with Crippen molar-refractivity contribution in [2.75, 3.05) is 6.54 Å². The lowest BCUT2D eigenvalue weighted by molar-refractivity contribution is -0.147. The molecule has 0 heterocycles. The summed E-state index contributed by atoms with van der Waals surface area (Å²) in [7, 11) is 0. The van der Waals surface area contributed by atoms with E-state index in [1.165, 1.54) is 6.92 Å². The van der Waals surface area contributed by atoms with E-state index in [4.69, 9.17) is 5.73 Å². The number of aliphatic carboxylic acids is 1. The summed E-state index contributed by atoms with van der Waals surface area (Å²) in [6.45, 7) is 1.19. The second-order valence-electron chi connectivity index (χ2n) is 3.55. The molecule has 0 saturated carbocycles. The van der Waals surface area contributed by atoms with Gasteiger partial charge in [-0.2, -0.15) is 0 Å². The van der Waals surface area contributed by atoms with Crippen LogP contribution in [-0.2, 0) is 15.1 Å². The molecule has 0 fully saturated rings. The van der Waals surface area contributed by atoms with Gasteiger partial charge in [0, 0.05) is 0 Å². The van der Waals surface area contributed by atoms with Crippen molar-refractivity contribution in [3.63, 3.8) is 0 Å². The van der Waals surface area contributed by atoms with Crippen LogP contribution in [0.2, 0.25) is 0 Å². The van der Waals surface area contributed by atoms with Gasteiger partial charge in [0.1, 0.15) is 0 Å². The van der Waals surface area contributed by atoms with Gasteiger partial charge in [-0.1, -0.05) is 30.3 Å². The Morgan fingerprint density at radius 3 is 2.38 bits per heavy atom. The highest BCUT2D eigenvalue weighted by atomic mass is 16.4. The standard InChI is InChI=1S/C11H14N2O3/c1-11(10(15)16,13-9(14)7-12)8-5-3-2-4-6-8/h2-6H,7,12H2,1H3,(H,13,14)(H,15,16). The fourth-order valence-corrected chi connectivity index (χ4v) is 1.35. The number of carbonyl (C=O) groups excluding carboxylic acids is 1. The van der Waals surface area contributed by atoms with Gasteiger partial charge in [-0.15, -0.1) is 0 Å². The first-order valence-corrected chi connectivity index (χ1v) is 4.80. The molecule has 0 bridgehead atoms. The fraction of sp³-hybridized carbons (Fsp3) is 0.273. The van der Waals surface area contributed by atoms with E-state index in [-0.39, 0.29) is 6.54 Å². The number of amides is 1. The summed E-state index contributed by atoms with van der Waals surface area (Å²) in [4.78, 5) is 22.4. The van der Waals surface area contributed by atoms with Gasteiger partial charge in [-0.25, -0.2) is 4.79 Å². The number of hydrogen-bond donors (Lipinski definition) is 3. The summed E-state index contributed by atoms with van der Waals surface area (Å²) >= 11 is 0. The molecule has 0 aliphatic rings. The molecule has 1 rings (SSSR count). The summed E-state index contributed by atoms with van der Waals surface area (Å²) in [6.07, 6.45) is 0. The second kappa shape index (κ2) is 4.76. The molecule has 0 saturated heterocycles. The Kier molecular flexibility index (Phi) is 3.63. The van der Waals surface area contributed by atoms with Crippen molar-refractivity contribution in [2.45, 2.75) is 12.5 Å². The van der Waals surface area contributed by atoms with Gasteiger partial charge in [-0.3, -0.25) is 4.79 Å². The van der Waals surface area contributed by atoms with E-state index < -0.39 is 17.4 Å². The molecule has 0 aromatic heterocycles. The van der Waals surface area contributed by atoms with Gasteiger partial charge in [-0.05, 0) is 12.5 Å². The lowest BCUT2D eigenvalue weighted by atomic mass is 9.92. The summed E-state index contributed by atoms with van der Waals surface area (Å²) < 4.78 is 0. The third-order valence-corrected chi connectivity index (χ3v) is 2.35. The molecular formula is C11H14N2O3. The van der Waals surface area contributed by atoms with Crippen molar-refractivity contribution in [3.05, 3.63) is 35.9 Å². The van der Waals surface area contributed by atoms with Gasteiger partial charge in [0.15, 0.2) is 5.54 Å². The molecule has 0 radical (unpaired) electrons. The SMILES string of the molecule is CC(NC(=O)CN)(C(=O)O)c1ccccc1. The van der Waals surface area contributed by atoms with Gasteiger partial charge in [0.05, 0.1) is 6.54 Å². The minimum atomic E-state index is -1.45. The van der Waals surface area contributed by atoms with E-state index in [1.54, 1.807) is 30.3 Å². The summed E-state index contributed by atoms with van der Waals surface area (Å²) in [5.74, 6) is -1.63. The number of benzene rings is 1. The van der Waals surface area contributed by atoms with E-state index in [0.717, 1.165) is 0 Å². The van der Waals surface area contributed by atoms with E-state index in [9.17, 15) is 14.7 Å². The van der Waals surface area contributed by atoms with Crippen molar-refractivity contribution in [2.24, 2.45) is 5.73 Å². The Morgan fingerprint density at radius 1 is 1.38 bits per heavy atom. The molecule has 0 aliphatic carbocycles. The molecule has 1 amide bonds. The molecule has 5 heteroatoms. The molecule has 16 heavy (non-hydrogen) atoms. The zero-order chi connectivity index (χ0) is 12.2. The third kappa shape index (κ3) is 2.38.